The van der Waals surface area contributed by atoms with Crippen molar-refractivity contribution in [2.45, 2.75) is 52.7 Å². The Morgan fingerprint density at radius 1 is 1.33 bits per heavy atom. The molecule has 1 N–H and O–H groups in total. The molecule has 0 aliphatic carbocycles. The van der Waals surface area contributed by atoms with Gasteiger partial charge in [-0.2, -0.15) is 0 Å². The van der Waals surface area contributed by atoms with Gasteiger partial charge in [-0.25, -0.2) is 0 Å². The lowest BCUT2D eigenvalue weighted by molar-refractivity contribution is 0.144. The van der Waals surface area contributed by atoms with Crippen molar-refractivity contribution in [1.82, 2.24) is 10.2 Å². The minimum atomic E-state index is 0.587. The second-order valence-corrected chi connectivity index (χ2v) is 6.87. The normalized spacial score (nSPS) is 19.8. The predicted molar refractivity (Wildman–Crippen MR) is 80.2 cm³/mol. The quantitative estimate of drug-likeness (QED) is 0.881. The van der Waals surface area contributed by atoms with Gasteiger partial charge in [0.05, 0.1) is 0 Å². The van der Waals surface area contributed by atoms with Crippen LogP contribution in [-0.4, -0.2) is 30.1 Å². The molecule has 1 aromatic heterocycles. The van der Waals surface area contributed by atoms with Gasteiger partial charge < -0.3 is 5.32 Å². The van der Waals surface area contributed by atoms with Gasteiger partial charge in [0.25, 0.3) is 0 Å². The number of rotatable bonds is 5. The second-order valence-electron chi connectivity index (χ2n) is 5.87. The molecule has 1 aliphatic heterocycles. The standard InChI is InChI=1S/C15H26N2S/c1-11(2)16-9-12(3)13(4)17-7-5-15-14(10-17)6-8-18-15/h6,8,11-13,16H,5,7,9-10H2,1-4H3. The molecule has 18 heavy (non-hydrogen) atoms. The SMILES string of the molecule is CC(C)NCC(C)C(C)N1CCc2sccc2C1. The van der Waals surface area contributed by atoms with E-state index in [1.54, 1.807) is 10.4 Å². The van der Waals surface area contributed by atoms with Crippen molar-refractivity contribution in [3.8, 4) is 0 Å². The van der Waals surface area contributed by atoms with E-state index in [2.05, 4.69) is 49.4 Å². The van der Waals surface area contributed by atoms with Gasteiger partial charge in [0.15, 0.2) is 0 Å². The molecule has 1 aliphatic rings. The molecular weight excluding hydrogens is 240 g/mol. The summed E-state index contributed by atoms with van der Waals surface area (Å²) in [4.78, 5) is 4.24. The number of fused-ring (bicyclic) bond motifs is 1. The molecule has 1 aromatic rings. The summed E-state index contributed by atoms with van der Waals surface area (Å²) in [6.45, 7) is 12.7. The first-order valence-corrected chi connectivity index (χ1v) is 7.98. The summed E-state index contributed by atoms with van der Waals surface area (Å²) in [6.07, 6.45) is 1.24. The summed E-state index contributed by atoms with van der Waals surface area (Å²) < 4.78 is 0. The Morgan fingerprint density at radius 3 is 2.83 bits per heavy atom. The first kappa shape index (κ1) is 14.0. The summed E-state index contributed by atoms with van der Waals surface area (Å²) in [5.41, 5.74) is 1.56. The Hall–Kier alpha value is -0.380. The lowest BCUT2D eigenvalue weighted by Crippen LogP contribution is -2.44. The molecule has 0 fully saturated rings. The highest BCUT2D eigenvalue weighted by Gasteiger charge is 2.24. The minimum Gasteiger partial charge on any atom is -0.314 e. The summed E-state index contributed by atoms with van der Waals surface area (Å²) in [6, 6.07) is 3.55. The largest absolute Gasteiger partial charge is 0.314 e. The summed E-state index contributed by atoms with van der Waals surface area (Å²) >= 11 is 1.92. The molecule has 2 unspecified atom stereocenters. The fourth-order valence-electron chi connectivity index (χ4n) is 2.57. The molecule has 0 saturated heterocycles. The van der Waals surface area contributed by atoms with E-state index in [9.17, 15) is 0 Å². The Bertz CT molecular complexity index is 372. The monoisotopic (exact) mass is 266 g/mol. The van der Waals surface area contributed by atoms with Crippen LogP contribution in [0.1, 0.15) is 38.1 Å². The van der Waals surface area contributed by atoms with Crippen LogP contribution in [0.2, 0.25) is 0 Å². The number of nitrogens with one attached hydrogen (secondary N) is 1. The Balaban J connectivity index is 1.88. The summed E-state index contributed by atoms with van der Waals surface area (Å²) in [5.74, 6) is 0.701. The zero-order valence-electron chi connectivity index (χ0n) is 12.1. The van der Waals surface area contributed by atoms with Crippen molar-refractivity contribution in [1.29, 1.82) is 0 Å². The van der Waals surface area contributed by atoms with E-state index >= 15 is 0 Å². The third-order valence-corrected chi connectivity index (χ3v) is 5.11. The molecule has 0 spiro atoms. The Kier molecular flexibility index (Phi) is 4.82. The van der Waals surface area contributed by atoms with Gasteiger partial charge in [-0.1, -0.05) is 20.8 Å². The molecule has 0 bridgehead atoms. The fraction of sp³-hybridized carbons (Fsp3) is 0.733. The molecular formula is C15H26N2S. The fourth-order valence-corrected chi connectivity index (χ4v) is 3.46. The molecule has 2 rings (SSSR count). The third kappa shape index (κ3) is 3.34. The van der Waals surface area contributed by atoms with Crippen molar-refractivity contribution in [2.75, 3.05) is 13.1 Å². The number of thiophene rings is 1. The minimum absolute atomic E-state index is 0.587. The summed E-state index contributed by atoms with van der Waals surface area (Å²) in [7, 11) is 0. The van der Waals surface area contributed by atoms with E-state index in [1.807, 2.05) is 11.3 Å². The molecule has 0 aromatic carbocycles. The van der Waals surface area contributed by atoms with Gasteiger partial charge in [-0.05, 0) is 42.8 Å². The van der Waals surface area contributed by atoms with Crippen LogP contribution < -0.4 is 5.32 Å². The van der Waals surface area contributed by atoms with E-state index < -0.39 is 0 Å². The maximum atomic E-state index is 3.55. The highest BCUT2D eigenvalue weighted by atomic mass is 32.1. The van der Waals surface area contributed by atoms with Crippen LogP contribution in [0.5, 0.6) is 0 Å². The van der Waals surface area contributed by atoms with Crippen LogP contribution in [0.4, 0.5) is 0 Å². The van der Waals surface area contributed by atoms with Crippen molar-refractivity contribution < 1.29 is 0 Å². The van der Waals surface area contributed by atoms with Crippen molar-refractivity contribution in [3.63, 3.8) is 0 Å². The van der Waals surface area contributed by atoms with E-state index in [1.165, 1.54) is 13.0 Å². The lowest BCUT2D eigenvalue weighted by atomic mass is 9.98. The van der Waals surface area contributed by atoms with Crippen LogP contribution in [-0.2, 0) is 13.0 Å². The molecule has 2 heterocycles. The zero-order chi connectivity index (χ0) is 13.1. The van der Waals surface area contributed by atoms with Gasteiger partial charge in [0.1, 0.15) is 0 Å². The highest BCUT2D eigenvalue weighted by Crippen LogP contribution is 2.26. The molecule has 0 amide bonds. The predicted octanol–water partition coefficient (Wildman–Crippen LogP) is 3.13. The molecule has 2 nitrogen and oxygen atoms in total. The molecule has 0 radical (unpaired) electrons. The highest BCUT2D eigenvalue weighted by molar-refractivity contribution is 7.10. The van der Waals surface area contributed by atoms with Crippen LogP contribution in [0.15, 0.2) is 11.4 Å². The van der Waals surface area contributed by atoms with Crippen molar-refractivity contribution in [2.24, 2.45) is 5.92 Å². The number of hydrogen-bond acceptors (Lipinski definition) is 3. The van der Waals surface area contributed by atoms with Gasteiger partial charge >= 0.3 is 0 Å². The number of hydrogen-bond donors (Lipinski definition) is 1. The maximum Gasteiger partial charge on any atom is 0.0247 e. The molecule has 0 saturated carbocycles. The van der Waals surface area contributed by atoms with Gasteiger partial charge in [0.2, 0.25) is 0 Å². The lowest BCUT2D eigenvalue weighted by Gasteiger charge is -2.36. The molecule has 3 heteroatoms. The average molecular weight is 266 g/mol. The van der Waals surface area contributed by atoms with E-state index in [0.29, 0.717) is 18.0 Å². The smallest absolute Gasteiger partial charge is 0.0247 e. The van der Waals surface area contributed by atoms with Gasteiger partial charge in [0, 0.05) is 30.1 Å². The van der Waals surface area contributed by atoms with Crippen molar-refractivity contribution >= 4 is 11.3 Å². The van der Waals surface area contributed by atoms with E-state index in [4.69, 9.17) is 0 Å². The topological polar surface area (TPSA) is 15.3 Å². The first-order chi connectivity index (χ1) is 8.58. The molecule has 102 valence electrons. The average Bonchev–Trinajstić information content (AvgIpc) is 2.81. The maximum absolute atomic E-state index is 3.55. The van der Waals surface area contributed by atoms with E-state index in [0.717, 1.165) is 13.1 Å². The Morgan fingerprint density at radius 2 is 2.11 bits per heavy atom. The van der Waals surface area contributed by atoms with Crippen molar-refractivity contribution in [3.05, 3.63) is 21.9 Å². The van der Waals surface area contributed by atoms with Crippen LogP contribution >= 0.6 is 11.3 Å². The zero-order valence-corrected chi connectivity index (χ0v) is 12.9. The van der Waals surface area contributed by atoms with Crippen LogP contribution in [0, 0.1) is 5.92 Å². The number of nitrogens with zero attached hydrogens (tertiary/aromatic N) is 1. The van der Waals surface area contributed by atoms with Gasteiger partial charge in [-0.15, -0.1) is 11.3 Å². The summed E-state index contributed by atoms with van der Waals surface area (Å²) in [5, 5.41) is 5.79. The van der Waals surface area contributed by atoms with Crippen LogP contribution in [0.25, 0.3) is 0 Å². The first-order valence-electron chi connectivity index (χ1n) is 7.10. The Labute approximate surface area is 115 Å². The van der Waals surface area contributed by atoms with Gasteiger partial charge in [-0.3, -0.25) is 4.90 Å². The third-order valence-electron chi connectivity index (χ3n) is 4.08. The van der Waals surface area contributed by atoms with Crippen LogP contribution in [0.3, 0.4) is 0 Å². The second kappa shape index (κ2) is 6.18. The molecule has 2 atom stereocenters. The van der Waals surface area contributed by atoms with E-state index in [-0.39, 0.29) is 0 Å².